The van der Waals surface area contributed by atoms with Gasteiger partial charge in [0.1, 0.15) is 11.2 Å². The van der Waals surface area contributed by atoms with E-state index in [2.05, 4.69) is 77.7 Å². The van der Waals surface area contributed by atoms with Crippen molar-refractivity contribution in [2.75, 3.05) is 26.2 Å². The van der Waals surface area contributed by atoms with Crippen LogP contribution in [-0.4, -0.2) is 31.1 Å². The molecular formula is C29H30N2O. The minimum absolute atomic E-state index is 0.263. The number of rotatable bonds is 6. The standard InChI is InChI=1S/C29H30N2O/c30-22-29(25-8-3-1-4-9-25,26-10-5-2-6-11-26)27-12-7-17-31(21-27)18-15-23-13-14-28-24(20-23)16-19-32-28/h1-6,8-11,13-14,20,27H,7,12,15-19,21H2/t27-/m0/s1. The summed E-state index contributed by atoms with van der Waals surface area (Å²) in [5.41, 5.74) is 4.33. The SMILES string of the molecule is N#CC(c1ccccc1)(c1ccccc1)[C@H]1CCCN(CCc2ccc3c(c2)CCO3)C1. The van der Waals surface area contributed by atoms with Crippen molar-refractivity contribution >= 4 is 0 Å². The number of benzene rings is 3. The van der Waals surface area contributed by atoms with Crippen molar-refractivity contribution < 1.29 is 4.74 Å². The Morgan fingerprint density at radius 2 is 1.69 bits per heavy atom. The lowest BCUT2D eigenvalue weighted by Crippen LogP contribution is -2.46. The summed E-state index contributed by atoms with van der Waals surface area (Å²) >= 11 is 0. The second-order valence-electron chi connectivity index (χ2n) is 9.08. The van der Waals surface area contributed by atoms with E-state index in [1.807, 2.05) is 12.1 Å². The van der Waals surface area contributed by atoms with Crippen LogP contribution in [0, 0.1) is 17.2 Å². The molecule has 3 aromatic carbocycles. The van der Waals surface area contributed by atoms with E-state index in [1.54, 1.807) is 0 Å². The molecule has 1 saturated heterocycles. The summed E-state index contributed by atoms with van der Waals surface area (Å²) in [6.45, 7) is 3.89. The van der Waals surface area contributed by atoms with Gasteiger partial charge in [-0.3, -0.25) is 0 Å². The lowest BCUT2D eigenvalue weighted by atomic mass is 9.64. The predicted molar refractivity (Wildman–Crippen MR) is 128 cm³/mol. The van der Waals surface area contributed by atoms with Crippen LogP contribution < -0.4 is 4.74 Å². The molecule has 162 valence electrons. The van der Waals surface area contributed by atoms with Crippen molar-refractivity contribution in [2.24, 2.45) is 5.92 Å². The topological polar surface area (TPSA) is 36.3 Å². The van der Waals surface area contributed by atoms with Gasteiger partial charge in [-0.1, -0.05) is 72.8 Å². The quantitative estimate of drug-likeness (QED) is 0.535. The van der Waals surface area contributed by atoms with Crippen LogP contribution in [0.1, 0.15) is 35.1 Å². The zero-order chi connectivity index (χ0) is 21.8. The zero-order valence-corrected chi connectivity index (χ0v) is 18.5. The largest absolute Gasteiger partial charge is 0.493 e. The van der Waals surface area contributed by atoms with Gasteiger partial charge in [-0.2, -0.15) is 5.26 Å². The molecule has 32 heavy (non-hydrogen) atoms. The molecule has 3 heteroatoms. The van der Waals surface area contributed by atoms with E-state index in [0.29, 0.717) is 0 Å². The Morgan fingerprint density at radius 1 is 0.969 bits per heavy atom. The summed E-state index contributed by atoms with van der Waals surface area (Å²) in [5.74, 6) is 1.32. The second-order valence-corrected chi connectivity index (χ2v) is 9.08. The molecular weight excluding hydrogens is 392 g/mol. The molecule has 0 radical (unpaired) electrons. The number of fused-ring (bicyclic) bond motifs is 1. The van der Waals surface area contributed by atoms with Gasteiger partial charge in [-0.15, -0.1) is 0 Å². The van der Waals surface area contributed by atoms with Crippen molar-refractivity contribution in [3.05, 3.63) is 101 Å². The number of piperidine rings is 1. The Morgan fingerprint density at radius 3 is 2.38 bits per heavy atom. The van der Waals surface area contributed by atoms with Gasteiger partial charge in [0.05, 0.1) is 12.7 Å². The first kappa shape index (κ1) is 20.8. The number of hydrogen-bond donors (Lipinski definition) is 0. The van der Waals surface area contributed by atoms with Crippen LogP contribution in [0.2, 0.25) is 0 Å². The summed E-state index contributed by atoms with van der Waals surface area (Å²) in [6.07, 6.45) is 4.26. The van der Waals surface area contributed by atoms with Crippen molar-refractivity contribution in [3.8, 4) is 11.8 Å². The van der Waals surface area contributed by atoms with Crippen molar-refractivity contribution in [3.63, 3.8) is 0 Å². The molecule has 0 bridgehead atoms. The Bertz CT molecular complexity index is 1050. The minimum Gasteiger partial charge on any atom is -0.493 e. The maximum atomic E-state index is 10.6. The third-order valence-electron chi connectivity index (χ3n) is 7.22. The lowest BCUT2D eigenvalue weighted by Gasteiger charge is -2.42. The number of nitriles is 1. The minimum atomic E-state index is -0.619. The molecule has 0 N–H and O–H groups in total. The molecule has 0 spiro atoms. The third-order valence-corrected chi connectivity index (χ3v) is 7.22. The summed E-state index contributed by atoms with van der Waals surface area (Å²) in [6, 6.07) is 30.3. The van der Waals surface area contributed by atoms with Crippen LogP contribution in [0.25, 0.3) is 0 Å². The Labute approximate surface area is 191 Å². The first-order valence-corrected chi connectivity index (χ1v) is 11.8. The molecule has 1 fully saturated rings. The van der Waals surface area contributed by atoms with E-state index < -0.39 is 5.41 Å². The van der Waals surface area contributed by atoms with Crippen molar-refractivity contribution in [2.45, 2.75) is 31.1 Å². The van der Waals surface area contributed by atoms with Gasteiger partial charge in [-0.25, -0.2) is 0 Å². The average molecular weight is 423 g/mol. The molecule has 2 heterocycles. The fourth-order valence-corrected chi connectivity index (χ4v) is 5.56. The number of ether oxygens (including phenoxy) is 1. The van der Waals surface area contributed by atoms with Gasteiger partial charge in [-0.05, 0) is 60.0 Å². The van der Waals surface area contributed by atoms with E-state index >= 15 is 0 Å². The van der Waals surface area contributed by atoms with Crippen molar-refractivity contribution in [1.29, 1.82) is 5.26 Å². The second kappa shape index (κ2) is 9.18. The molecule has 0 unspecified atom stereocenters. The molecule has 0 saturated carbocycles. The van der Waals surface area contributed by atoms with Crippen LogP contribution in [-0.2, 0) is 18.3 Å². The monoisotopic (exact) mass is 422 g/mol. The van der Waals surface area contributed by atoms with E-state index in [-0.39, 0.29) is 5.92 Å². The molecule has 0 aliphatic carbocycles. The predicted octanol–water partition coefficient (Wildman–Crippen LogP) is 5.39. The summed E-state index contributed by atoms with van der Waals surface area (Å²) in [5, 5.41) is 10.6. The number of nitrogens with zero attached hydrogens (tertiary/aromatic N) is 2. The van der Waals surface area contributed by atoms with E-state index in [9.17, 15) is 5.26 Å². The molecule has 3 nitrogen and oxygen atoms in total. The summed E-state index contributed by atoms with van der Waals surface area (Å²) in [4.78, 5) is 2.57. The number of likely N-dealkylation sites (tertiary alicyclic amines) is 1. The average Bonchev–Trinajstić information content (AvgIpc) is 3.33. The summed E-state index contributed by atoms with van der Waals surface area (Å²) in [7, 11) is 0. The molecule has 2 aliphatic heterocycles. The molecule has 1 atom stereocenters. The Hall–Kier alpha value is -3.09. The van der Waals surface area contributed by atoms with E-state index in [1.165, 1.54) is 11.1 Å². The molecule has 0 aromatic heterocycles. The van der Waals surface area contributed by atoms with Gasteiger partial charge in [0.2, 0.25) is 0 Å². The Balaban J connectivity index is 1.38. The highest BCUT2D eigenvalue weighted by Crippen LogP contribution is 2.43. The first-order valence-electron chi connectivity index (χ1n) is 11.8. The molecule has 2 aliphatic rings. The van der Waals surface area contributed by atoms with E-state index in [0.717, 1.165) is 68.8 Å². The molecule has 3 aromatic rings. The highest BCUT2D eigenvalue weighted by Gasteiger charge is 2.44. The maximum absolute atomic E-state index is 10.6. The van der Waals surface area contributed by atoms with Crippen LogP contribution in [0.3, 0.4) is 0 Å². The normalized spacial score (nSPS) is 18.5. The fourth-order valence-electron chi connectivity index (χ4n) is 5.56. The lowest BCUT2D eigenvalue weighted by molar-refractivity contribution is 0.148. The van der Waals surface area contributed by atoms with Crippen LogP contribution in [0.5, 0.6) is 5.75 Å². The van der Waals surface area contributed by atoms with Crippen LogP contribution in [0.15, 0.2) is 78.9 Å². The highest BCUT2D eigenvalue weighted by molar-refractivity contribution is 5.47. The highest BCUT2D eigenvalue weighted by atomic mass is 16.5. The van der Waals surface area contributed by atoms with Gasteiger partial charge in [0, 0.05) is 19.5 Å². The van der Waals surface area contributed by atoms with Gasteiger partial charge in [0.15, 0.2) is 0 Å². The van der Waals surface area contributed by atoms with Crippen molar-refractivity contribution in [1.82, 2.24) is 4.90 Å². The zero-order valence-electron chi connectivity index (χ0n) is 18.5. The van der Waals surface area contributed by atoms with Gasteiger partial charge < -0.3 is 9.64 Å². The van der Waals surface area contributed by atoms with Crippen LogP contribution >= 0.6 is 0 Å². The van der Waals surface area contributed by atoms with Gasteiger partial charge >= 0.3 is 0 Å². The summed E-state index contributed by atoms with van der Waals surface area (Å²) < 4.78 is 5.65. The van der Waals surface area contributed by atoms with Crippen LogP contribution in [0.4, 0.5) is 0 Å². The Kier molecular flexibility index (Phi) is 5.97. The first-order chi connectivity index (χ1) is 15.8. The molecule has 5 rings (SSSR count). The number of hydrogen-bond acceptors (Lipinski definition) is 3. The molecule has 0 amide bonds. The fraction of sp³-hybridized carbons (Fsp3) is 0.345. The maximum Gasteiger partial charge on any atom is 0.122 e. The van der Waals surface area contributed by atoms with Gasteiger partial charge in [0.25, 0.3) is 0 Å². The third kappa shape index (κ3) is 3.92. The smallest absolute Gasteiger partial charge is 0.122 e. The van der Waals surface area contributed by atoms with E-state index in [4.69, 9.17) is 4.74 Å².